The Bertz CT molecular complexity index is 411. The number of nitrogens with zero attached hydrogens (tertiary/aromatic N) is 1. The molecule has 3 fully saturated rings. The molecule has 5 atom stereocenters. The molecule has 112 valence electrons. The number of carboxylic acids is 1. The second-order valence-corrected chi connectivity index (χ2v) is 6.46. The Morgan fingerprint density at radius 2 is 1.90 bits per heavy atom. The van der Waals surface area contributed by atoms with E-state index in [9.17, 15) is 14.7 Å². The van der Waals surface area contributed by atoms with Crippen molar-refractivity contribution in [1.82, 2.24) is 4.90 Å². The van der Waals surface area contributed by atoms with Crippen LogP contribution in [0.2, 0.25) is 0 Å². The second kappa shape index (κ2) is 5.35. The Kier molecular flexibility index (Phi) is 3.71. The van der Waals surface area contributed by atoms with Gasteiger partial charge in [0.2, 0.25) is 0 Å². The molecule has 0 aromatic heterocycles. The van der Waals surface area contributed by atoms with Gasteiger partial charge in [-0.05, 0) is 44.9 Å². The minimum absolute atomic E-state index is 0.0869. The van der Waals surface area contributed by atoms with Crippen LogP contribution in [-0.2, 0) is 14.3 Å². The summed E-state index contributed by atoms with van der Waals surface area (Å²) in [5.74, 6) is -0.581. The van der Waals surface area contributed by atoms with Gasteiger partial charge in [-0.1, -0.05) is 12.8 Å². The Hall–Kier alpha value is -1.10. The summed E-state index contributed by atoms with van der Waals surface area (Å²) in [6.07, 6.45) is 6.17. The van der Waals surface area contributed by atoms with Crippen molar-refractivity contribution in [1.29, 1.82) is 0 Å². The number of carboxylic acid groups (broad SMARTS) is 1. The van der Waals surface area contributed by atoms with E-state index >= 15 is 0 Å². The lowest BCUT2D eigenvalue weighted by atomic mass is 9.84. The van der Waals surface area contributed by atoms with E-state index in [0.717, 1.165) is 38.5 Å². The molecule has 0 spiro atoms. The summed E-state index contributed by atoms with van der Waals surface area (Å²) >= 11 is 0. The van der Waals surface area contributed by atoms with Crippen molar-refractivity contribution in [2.45, 2.75) is 76.2 Å². The number of hydrogen-bond donors (Lipinski definition) is 1. The van der Waals surface area contributed by atoms with Crippen LogP contribution in [0.1, 0.15) is 51.9 Å². The van der Waals surface area contributed by atoms with E-state index < -0.39 is 18.1 Å². The summed E-state index contributed by atoms with van der Waals surface area (Å²) in [5.41, 5.74) is 0. The summed E-state index contributed by atoms with van der Waals surface area (Å²) < 4.78 is 5.66. The van der Waals surface area contributed by atoms with E-state index in [1.54, 1.807) is 4.90 Å². The first-order valence-corrected chi connectivity index (χ1v) is 7.78. The van der Waals surface area contributed by atoms with Gasteiger partial charge in [0.15, 0.2) is 0 Å². The van der Waals surface area contributed by atoms with E-state index in [1.165, 1.54) is 0 Å². The highest BCUT2D eigenvalue weighted by atomic mass is 16.5. The predicted octanol–water partition coefficient (Wildman–Crippen LogP) is 1.80. The molecule has 0 bridgehead atoms. The molecular formula is C15H23NO4. The van der Waals surface area contributed by atoms with Crippen LogP contribution in [-0.4, -0.2) is 46.2 Å². The average Bonchev–Trinajstić information content (AvgIpc) is 3.01. The van der Waals surface area contributed by atoms with Gasteiger partial charge in [-0.3, -0.25) is 4.79 Å². The normalized spacial score (nSPS) is 40.6. The van der Waals surface area contributed by atoms with Crippen LogP contribution in [0.4, 0.5) is 0 Å². The van der Waals surface area contributed by atoms with Crippen LogP contribution >= 0.6 is 0 Å². The molecule has 0 aromatic carbocycles. The molecule has 1 aliphatic carbocycles. The standard InChI is InChI=1S/C15H23NO4/c1-9-6-7-13(20-9)14(17)16-11-5-3-2-4-10(11)8-12(16)15(18)19/h9-13H,2-8H2,1H3,(H,18,19)/t9-,10+,11-,12+,13-/m1/s1. The fraction of sp³-hybridized carbons (Fsp3) is 0.867. The first-order chi connectivity index (χ1) is 9.58. The van der Waals surface area contributed by atoms with Crippen molar-refractivity contribution in [3.05, 3.63) is 0 Å². The maximum absolute atomic E-state index is 12.7. The number of hydrogen-bond acceptors (Lipinski definition) is 3. The molecule has 2 aliphatic heterocycles. The van der Waals surface area contributed by atoms with Crippen LogP contribution in [0.5, 0.6) is 0 Å². The van der Waals surface area contributed by atoms with Crippen LogP contribution < -0.4 is 0 Å². The topological polar surface area (TPSA) is 66.8 Å². The quantitative estimate of drug-likeness (QED) is 0.838. The molecule has 0 aromatic rings. The Labute approximate surface area is 119 Å². The van der Waals surface area contributed by atoms with Gasteiger partial charge < -0.3 is 14.7 Å². The molecule has 5 heteroatoms. The Morgan fingerprint density at radius 1 is 1.15 bits per heavy atom. The molecule has 1 N–H and O–H groups in total. The fourth-order valence-electron chi connectivity index (χ4n) is 4.15. The highest BCUT2D eigenvalue weighted by Crippen LogP contribution is 2.41. The minimum atomic E-state index is -0.862. The van der Waals surface area contributed by atoms with Gasteiger partial charge in [0.25, 0.3) is 5.91 Å². The zero-order chi connectivity index (χ0) is 14.3. The number of likely N-dealkylation sites (tertiary alicyclic amines) is 1. The largest absolute Gasteiger partial charge is 0.480 e. The molecule has 1 amide bonds. The van der Waals surface area contributed by atoms with Gasteiger partial charge in [-0.15, -0.1) is 0 Å². The van der Waals surface area contributed by atoms with Gasteiger partial charge in [-0.25, -0.2) is 4.79 Å². The van der Waals surface area contributed by atoms with E-state index in [-0.39, 0.29) is 18.1 Å². The summed E-state index contributed by atoms with van der Waals surface area (Å²) in [6, 6.07) is -0.521. The Balaban J connectivity index is 1.80. The summed E-state index contributed by atoms with van der Waals surface area (Å²) in [6.45, 7) is 1.97. The minimum Gasteiger partial charge on any atom is -0.480 e. The van der Waals surface area contributed by atoms with Crippen molar-refractivity contribution in [3.63, 3.8) is 0 Å². The molecule has 1 saturated carbocycles. The SMILES string of the molecule is C[C@@H]1CC[C@H](C(=O)N2[C@@H]3CCCC[C@H]3C[C@H]2C(=O)O)O1. The highest BCUT2D eigenvalue weighted by Gasteiger charge is 2.49. The average molecular weight is 281 g/mol. The third kappa shape index (κ3) is 2.32. The third-order valence-electron chi connectivity index (χ3n) is 5.13. The van der Waals surface area contributed by atoms with E-state index in [0.29, 0.717) is 12.3 Å². The van der Waals surface area contributed by atoms with Crippen LogP contribution in [0.3, 0.4) is 0 Å². The van der Waals surface area contributed by atoms with Gasteiger partial charge in [0.05, 0.1) is 6.10 Å². The van der Waals surface area contributed by atoms with Crippen molar-refractivity contribution in [3.8, 4) is 0 Å². The van der Waals surface area contributed by atoms with E-state index in [1.807, 2.05) is 6.92 Å². The van der Waals surface area contributed by atoms with Crippen molar-refractivity contribution in [2.75, 3.05) is 0 Å². The third-order valence-corrected chi connectivity index (χ3v) is 5.13. The molecule has 0 radical (unpaired) electrons. The second-order valence-electron chi connectivity index (χ2n) is 6.46. The van der Waals surface area contributed by atoms with Crippen molar-refractivity contribution < 1.29 is 19.4 Å². The maximum Gasteiger partial charge on any atom is 0.326 e. The van der Waals surface area contributed by atoms with Crippen molar-refractivity contribution >= 4 is 11.9 Å². The van der Waals surface area contributed by atoms with Crippen LogP contribution in [0.15, 0.2) is 0 Å². The Morgan fingerprint density at radius 3 is 2.55 bits per heavy atom. The molecular weight excluding hydrogens is 258 g/mol. The molecule has 3 aliphatic rings. The molecule has 5 nitrogen and oxygen atoms in total. The number of amides is 1. The molecule has 20 heavy (non-hydrogen) atoms. The number of carbonyl (C=O) groups is 2. The zero-order valence-electron chi connectivity index (χ0n) is 12.0. The first-order valence-electron chi connectivity index (χ1n) is 7.78. The van der Waals surface area contributed by atoms with Crippen LogP contribution in [0, 0.1) is 5.92 Å². The van der Waals surface area contributed by atoms with Gasteiger partial charge in [-0.2, -0.15) is 0 Å². The lowest BCUT2D eigenvalue weighted by Gasteiger charge is -2.34. The zero-order valence-corrected chi connectivity index (χ0v) is 12.0. The highest BCUT2D eigenvalue weighted by molar-refractivity contribution is 5.87. The first kappa shape index (κ1) is 13.9. The lowest BCUT2D eigenvalue weighted by molar-refractivity contribution is -0.155. The summed E-state index contributed by atoms with van der Waals surface area (Å²) in [7, 11) is 0. The van der Waals surface area contributed by atoms with Gasteiger partial charge in [0.1, 0.15) is 12.1 Å². The van der Waals surface area contributed by atoms with Crippen molar-refractivity contribution in [2.24, 2.45) is 5.92 Å². The molecule has 0 unspecified atom stereocenters. The number of rotatable bonds is 2. The number of carbonyl (C=O) groups excluding carboxylic acids is 1. The van der Waals surface area contributed by atoms with E-state index in [2.05, 4.69) is 0 Å². The lowest BCUT2D eigenvalue weighted by Crippen LogP contribution is -2.50. The monoisotopic (exact) mass is 281 g/mol. The van der Waals surface area contributed by atoms with Crippen LogP contribution in [0.25, 0.3) is 0 Å². The predicted molar refractivity (Wildman–Crippen MR) is 72.2 cm³/mol. The number of ether oxygens (including phenoxy) is 1. The number of aliphatic carboxylic acids is 1. The molecule has 2 saturated heterocycles. The smallest absolute Gasteiger partial charge is 0.326 e. The summed E-state index contributed by atoms with van der Waals surface area (Å²) in [4.78, 5) is 25.9. The van der Waals surface area contributed by atoms with E-state index in [4.69, 9.17) is 4.74 Å². The molecule has 3 rings (SSSR count). The maximum atomic E-state index is 12.7. The van der Waals surface area contributed by atoms with Gasteiger partial charge in [0, 0.05) is 6.04 Å². The number of fused-ring (bicyclic) bond motifs is 1. The van der Waals surface area contributed by atoms with Gasteiger partial charge >= 0.3 is 5.97 Å². The fourth-order valence-corrected chi connectivity index (χ4v) is 4.15. The summed E-state index contributed by atoms with van der Waals surface area (Å²) in [5, 5.41) is 9.44. The molecule has 2 heterocycles.